The maximum absolute atomic E-state index is 6.41. The van der Waals surface area contributed by atoms with Crippen LogP contribution in [0, 0.1) is 0 Å². The van der Waals surface area contributed by atoms with Gasteiger partial charge in [0.15, 0.2) is 22.8 Å². The molecule has 0 aliphatic carbocycles. The molecule has 6 nitrogen and oxygen atoms in total. The summed E-state index contributed by atoms with van der Waals surface area (Å²) in [5.74, 6) is 1.21. The highest BCUT2D eigenvalue weighted by molar-refractivity contribution is 6.08. The summed E-state index contributed by atoms with van der Waals surface area (Å²) in [6, 6.07) is 61.8. The number of fused-ring (bicyclic) bond motifs is 6. The number of para-hydroxylation sites is 2. The van der Waals surface area contributed by atoms with Crippen molar-refractivity contribution in [2.24, 2.45) is 0 Å². The highest BCUT2D eigenvalue weighted by atomic mass is 16.3. The van der Waals surface area contributed by atoms with Gasteiger partial charge in [-0.1, -0.05) is 158 Å². The molecule has 0 radical (unpaired) electrons. The average molecular weight is 719 g/mol. The molecule has 0 saturated heterocycles. The van der Waals surface area contributed by atoms with Crippen molar-refractivity contribution < 1.29 is 8.83 Å². The Balaban J connectivity index is 1.01. The maximum Gasteiger partial charge on any atom is 0.180 e. The van der Waals surface area contributed by atoms with Crippen LogP contribution in [0.4, 0.5) is 0 Å². The normalized spacial score (nSPS) is 11.6. The lowest BCUT2D eigenvalue weighted by Crippen LogP contribution is -1.96. The molecule has 4 heterocycles. The van der Waals surface area contributed by atoms with Gasteiger partial charge in [-0.2, -0.15) is 0 Å². The van der Waals surface area contributed by atoms with Gasteiger partial charge in [-0.25, -0.2) is 19.9 Å². The van der Waals surface area contributed by atoms with Crippen molar-refractivity contribution >= 4 is 44.1 Å². The smallest absolute Gasteiger partial charge is 0.180 e. The summed E-state index contributed by atoms with van der Waals surface area (Å²) in [6.45, 7) is 0. The topological polar surface area (TPSA) is 77.8 Å². The lowest BCUT2D eigenvalue weighted by Gasteiger charge is -2.09. The summed E-state index contributed by atoms with van der Waals surface area (Å²) in [4.78, 5) is 20.5. The molecule has 0 aliphatic heterocycles. The van der Waals surface area contributed by atoms with Gasteiger partial charge < -0.3 is 8.83 Å². The lowest BCUT2D eigenvalue weighted by atomic mass is 10.0. The van der Waals surface area contributed by atoms with E-state index in [9.17, 15) is 0 Å². The fourth-order valence-corrected chi connectivity index (χ4v) is 7.50. The van der Waals surface area contributed by atoms with Gasteiger partial charge in [0.1, 0.15) is 33.6 Å². The van der Waals surface area contributed by atoms with Gasteiger partial charge in [-0.05, 0) is 46.5 Å². The molecule has 7 aromatic carbocycles. The third-order valence-electron chi connectivity index (χ3n) is 10.4. The minimum atomic E-state index is 0.606. The third-order valence-corrected chi connectivity index (χ3v) is 10.4. The summed E-state index contributed by atoms with van der Waals surface area (Å²) in [7, 11) is 0. The summed E-state index contributed by atoms with van der Waals surface area (Å²) < 4.78 is 12.8. The van der Waals surface area contributed by atoms with Gasteiger partial charge in [0.2, 0.25) is 0 Å². The van der Waals surface area contributed by atoms with E-state index >= 15 is 0 Å². The summed E-state index contributed by atoms with van der Waals surface area (Å²) in [5.41, 5.74) is 14.2. The highest BCUT2D eigenvalue weighted by Crippen LogP contribution is 2.38. The van der Waals surface area contributed by atoms with Crippen molar-refractivity contribution in [1.29, 1.82) is 0 Å². The van der Waals surface area contributed by atoms with Gasteiger partial charge in [0.25, 0.3) is 0 Å². The predicted octanol–water partition coefficient (Wildman–Crippen LogP) is 13.1. The fourth-order valence-electron chi connectivity index (χ4n) is 7.50. The van der Waals surface area contributed by atoms with Crippen molar-refractivity contribution in [1.82, 2.24) is 19.9 Å². The molecular weight excluding hydrogens is 689 g/mol. The minimum absolute atomic E-state index is 0.606. The molecule has 0 N–H and O–H groups in total. The van der Waals surface area contributed by atoms with E-state index in [1.807, 2.05) is 84.9 Å². The molecule has 0 spiro atoms. The van der Waals surface area contributed by atoms with Gasteiger partial charge in [0.05, 0.1) is 0 Å². The van der Waals surface area contributed by atoms with E-state index in [2.05, 4.69) is 97.1 Å². The van der Waals surface area contributed by atoms with Crippen LogP contribution in [-0.2, 0) is 0 Å². The highest BCUT2D eigenvalue weighted by Gasteiger charge is 2.20. The number of furan rings is 2. The molecule has 11 rings (SSSR count). The zero-order valence-electron chi connectivity index (χ0n) is 29.9. The molecule has 0 saturated carbocycles. The summed E-state index contributed by atoms with van der Waals surface area (Å²) in [6.07, 6.45) is 0. The molecule has 0 aliphatic rings. The molecule has 6 heteroatoms. The third kappa shape index (κ3) is 5.43. The van der Waals surface area contributed by atoms with Crippen molar-refractivity contribution in [3.05, 3.63) is 182 Å². The molecular formula is C50H30N4O2. The predicted molar refractivity (Wildman–Crippen MR) is 225 cm³/mol. The van der Waals surface area contributed by atoms with E-state index in [0.717, 1.165) is 88.9 Å². The van der Waals surface area contributed by atoms with Crippen LogP contribution < -0.4 is 0 Å². The summed E-state index contributed by atoms with van der Waals surface area (Å²) in [5, 5.41) is 1.89. The first-order chi connectivity index (χ1) is 27.7. The number of hydrogen-bond acceptors (Lipinski definition) is 6. The van der Waals surface area contributed by atoms with Crippen LogP contribution in [0.5, 0.6) is 0 Å². The monoisotopic (exact) mass is 718 g/mol. The second-order valence-electron chi connectivity index (χ2n) is 13.8. The van der Waals surface area contributed by atoms with E-state index < -0.39 is 0 Å². The number of rotatable bonds is 6. The number of nitrogens with zero attached hydrogens (tertiary/aromatic N) is 4. The van der Waals surface area contributed by atoms with Crippen molar-refractivity contribution in [3.8, 4) is 67.5 Å². The van der Waals surface area contributed by atoms with E-state index in [1.54, 1.807) is 0 Å². The van der Waals surface area contributed by atoms with Gasteiger partial charge in [0, 0.05) is 33.0 Å². The van der Waals surface area contributed by atoms with Crippen LogP contribution in [0.15, 0.2) is 191 Å². The molecule has 0 fully saturated rings. The Morgan fingerprint density at radius 3 is 1.00 bits per heavy atom. The Hall–Kier alpha value is -7.70. The second kappa shape index (κ2) is 13.0. The molecule has 262 valence electrons. The molecule has 0 unspecified atom stereocenters. The molecule has 4 aromatic heterocycles. The van der Waals surface area contributed by atoms with Crippen molar-refractivity contribution in [3.63, 3.8) is 0 Å². The first kappa shape index (κ1) is 31.8. The minimum Gasteiger partial charge on any atom is -0.452 e. The van der Waals surface area contributed by atoms with Crippen molar-refractivity contribution in [2.45, 2.75) is 0 Å². The SMILES string of the molecule is c1ccc(-c2ccc(-c3nc(-c4ccc(-c5nc(-c6ccc(-c7ccccc7)cc6)c6oc7ccccc7c6n5)cc4)nc4c3oc3ccccc34)cc2)cc1. The van der Waals surface area contributed by atoms with E-state index in [1.165, 1.54) is 0 Å². The zero-order valence-corrected chi connectivity index (χ0v) is 29.9. The largest absolute Gasteiger partial charge is 0.452 e. The number of benzene rings is 7. The van der Waals surface area contributed by atoms with Crippen LogP contribution >= 0.6 is 0 Å². The zero-order chi connectivity index (χ0) is 37.0. The lowest BCUT2D eigenvalue weighted by molar-refractivity contribution is 0.667. The fraction of sp³-hybridized carbons (Fsp3) is 0. The Labute approximate surface area is 321 Å². The standard InChI is InChI=1S/C50H30N4O2/c1-3-11-31(12-4-1)33-19-23-35(24-20-33)43-47-45(39-15-7-9-17-41(39)55-47)53-49(51-43)37-27-29-38(30-28-37)50-52-44(48-46(54-50)40-16-8-10-18-42(40)56-48)36-25-21-34(22-26-36)32-13-5-2-6-14-32/h1-30H. The maximum atomic E-state index is 6.41. The summed E-state index contributed by atoms with van der Waals surface area (Å²) >= 11 is 0. The first-order valence-corrected chi connectivity index (χ1v) is 18.5. The van der Waals surface area contributed by atoms with Crippen LogP contribution in [0.25, 0.3) is 112 Å². The second-order valence-corrected chi connectivity index (χ2v) is 13.8. The van der Waals surface area contributed by atoms with Crippen LogP contribution in [0.3, 0.4) is 0 Å². The van der Waals surface area contributed by atoms with Gasteiger partial charge in [-0.3, -0.25) is 0 Å². The molecule has 11 aromatic rings. The van der Waals surface area contributed by atoms with E-state index in [-0.39, 0.29) is 0 Å². The van der Waals surface area contributed by atoms with Crippen LogP contribution in [-0.4, -0.2) is 19.9 Å². The number of hydrogen-bond donors (Lipinski definition) is 0. The molecule has 0 atom stereocenters. The first-order valence-electron chi connectivity index (χ1n) is 18.5. The Morgan fingerprint density at radius 2 is 0.589 bits per heavy atom. The molecule has 0 bridgehead atoms. The molecule has 56 heavy (non-hydrogen) atoms. The Bertz CT molecular complexity index is 2990. The van der Waals surface area contributed by atoms with Crippen molar-refractivity contribution in [2.75, 3.05) is 0 Å². The van der Waals surface area contributed by atoms with Crippen LogP contribution in [0.2, 0.25) is 0 Å². The molecule has 0 amide bonds. The van der Waals surface area contributed by atoms with Gasteiger partial charge >= 0.3 is 0 Å². The van der Waals surface area contributed by atoms with E-state index in [0.29, 0.717) is 22.8 Å². The Kier molecular flexibility index (Phi) is 7.38. The van der Waals surface area contributed by atoms with Gasteiger partial charge in [-0.15, -0.1) is 0 Å². The van der Waals surface area contributed by atoms with Crippen LogP contribution in [0.1, 0.15) is 0 Å². The Morgan fingerprint density at radius 1 is 0.268 bits per heavy atom. The average Bonchev–Trinajstić information content (AvgIpc) is 3.85. The van der Waals surface area contributed by atoms with E-state index in [4.69, 9.17) is 28.8 Å². The number of aromatic nitrogens is 4. The quantitative estimate of drug-likeness (QED) is 0.170.